The van der Waals surface area contributed by atoms with Crippen molar-refractivity contribution < 1.29 is 29.1 Å². The summed E-state index contributed by atoms with van der Waals surface area (Å²) in [5.74, 6) is -2.49. The normalized spacial score (nSPS) is 18.3. The number of piperidine rings is 1. The molecule has 1 aliphatic heterocycles. The first-order valence-corrected chi connectivity index (χ1v) is 6.43. The van der Waals surface area contributed by atoms with E-state index in [0.717, 1.165) is 4.90 Å². The number of nitrogens with zero attached hydrogens (tertiary/aromatic N) is 1. The summed E-state index contributed by atoms with van der Waals surface area (Å²) >= 11 is 0. The van der Waals surface area contributed by atoms with Gasteiger partial charge < -0.3 is 10.4 Å². The Hall–Kier alpha value is -2.45. The van der Waals surface area contributed by atoms with Crippen LogP contribution in [0.1, 0.15) is 32.1 Å². The van der Waals surface area contributed by atoms with E-state index < -0.39 is 29.9 Å². The van der Waals surface area contributed by atoms with Gasteiger partial charge in [0.15, 0.2) is 0 Å². The second-order valence-corrected chi connectivity index (χ2v) is 4.65. The molecule has 0 bridgehead atoms. The second-order valence-electron chi connectivity index (χ2n) is 4.65. The number of urea groups is 1. The number of nitrogens with one attached hydrogen (secondary N) is 2. The van der Waals surface area contributed by atoms with Crippen molar-refractivity contribution in [3.8, 4) is 0 Å². The lowest BCUT2D eigenvalue weighted by Crippen LogP contribution is -2.55. The summed E-state index contributed by atoms with van der Waals surface area (Å²) in [6.07, 6.45) is 0.177. The Kier molecular flexibility index (Phi) is 5.82. The fourth-order valence-corrected chi connectivity index (χ4v) is 1.83. The van der Waals surface area contributed by atoms with Crippen molar-refractivity contribution in [1.29, 1.82) is 0 Å². The molecule has 5 amide bonds. The minimum Gasteiger partial charge on any atom is -0.481 e. The van der Waals surface area contributed by atoms with Crippen molar-refractivity contribution in [2.24, 2.45) is 0 Å². The molecule has 0 aromatic rings. The van der Waals surface area contributed by atoms with E-state index in [1.54, 1.807) is 0 Å². The van der Waals surface area contributed by atoms with Gasteiger partial charge in [0.1, 0.15) is 6.04 Å². The Balaban J connectivity index is 2.36. The summed E-state index contributed by atoms with van der Waals surface area (Å²) in [6, 6.07) is -1.68. The lowest BCUT2D eigenvalue weighted by Gasteiger charge is -2.28. The van der Waals surface area contributed by atoms with E-state index in [9.17, 15) is 24.0 Å². The lowest BCUT2D eigenvalue weighted by atomic mass is 10.1. The summed E-state index contributed by atoms with van der Waals surface area (Å²) in [7, 11) is 1.33. The largest absolute Gasteiger partial charge is 0.481 e. The van der Waals surface area contributed by atoms with Gasteiger partial charge in [0.05, 0.1) is 0 Å². The minimum absolute atomic E-state index is 0.100. The van der Waals surface area contributed by atoms with Gasteiger partial charge in [0, 0.05) is 26.3 Å². The number of likely N-dealkylation sites (tertiary alicyclic amines) is 1. The van der Waals surface area contributed by atoms with E-state index in [2.05, 4.69) is 5.32 Å². The molecule has 116 valence electrons. The maximum atomic E-state index is 11.7. The van der Waals surface area contributed by atoms with Crippen molar-refractivity contribution in [3.63, 3.8) is 0 Å². The standard InChI is InChI=1S/C12H17N3O6/c1-15-9(17)6-5-7(11(15)20)13-12(21)14-8(16)3-2-4-10(18)19/h7H,2-6H2,1H3,(H,18,19)(H2,13,14,16,21). The summed E-state index contributed by atoms with van der Waals surface area (Å²) in [6.45, 7) is 0. The SMILES string of the molecule is CN1C(=O)CCC(NC(=O)NC(=O)CCCC(=O)O)C1=O. The molecule has 1 rings (SSSR count). The van der Waals surface area contributed by atoms with Gasteiger partial charge in [-0.2, -0.15) is 0 Å². The van der Waals surface area contributed by atoms with Gasteiger partial charge in [0.25, 0.3) is 5.91 Å². The van der Waals surface area contributed by atoms with Crippen LogP contribution in [-0.4, -0.2) is 52.8 Å². The Morgan fingerprint density at radius 3 is 2.57 bits per heavy atom. The molecule has 0 saturated carbocycles. The molecule has 1 heterocycles. The van der Waals surface area contributed by atoms with E-state index >= 15 is 0 Å². The molecule has 1 saturated heterocycles. The third kappa shape index (κ3) is 5.21. The zero-order chi connectivity index (χ0) is 16.0. The third-order valence-corrected chi connectivity index (χ3v) is 3.00. The zero-order valence-corrected chi connectivity index (χ0v) is 11.5. The number of aliphatic carboxylic acids is 1. The highest BCUT2D eigenvalue weighted by molar-refractivity contribution is 6.02. The van der Waals surface area contributed by atoms with Gasteiger partial charge >= 0.3 is 12.0 Å². The van der Waals surface area contributed by atoms with E-state index in [-0.39, 0.29) is 38.0 Å². The number of rotatable bonds is 5. The molecule has 21 heavy (non-hydrogen) atoms. The van der Waals surface area contributed by atoms with Gasteiger partial charge in [0.2, 0.25) is 11.8 Å². The summed E-state index contributed by atoms with van der Waals surface area (Å²) in [5, 5.41) is 12.7. The van der Waals surface area contributed by atoms with Crippen molar-refractivity contribution in [1.82, 2.24) is 15.5 Å². The molecule has 0 radical (unpaired) electrons. The number of hydrogen-bond acceptors (Lipinski definition) is 5. The Bertz CT molecular complexity index is 476. The minimum atomic E-state index is -1.02. The molecule has 1 atom stereocenters. The van der Waals surface area contributed by atoms with E-state index in [1.807, 2.05) is 5.32 Å². The zero-order valence-electron chi connectivity index (χ0n) is 11.5. The Morgan fingerprint density at radius 2 is 1.95 bits per heavy atom. The van der Waals surface area contributed by atoms with Gasteiger partial charge in [-0.15, -0.1) is 0 Å². The summed E-state index contributed by atoms with van der Waals surface area (Å²) in [5.41, 5.74) is 0. The van der Waals surface area contributed by atoms with Crippen LogP contribution in [0.25, 0.3) is 0 Å². The van der Waals surface area contributed by atoms with Crippen LogP contribution in [-0.2, 0) is 19.2 Å². The molecule has 1 fully saturated rings. The molecule has 1 aliphatic rings. The van der Waals surface area contributed by atoms with Gasteiger partial charge in [-0.25, -0.2) is 4.79 Å². The maximum absolute atomic E-state index is 11.7. The van der Waals surface area contributed by atoms with Crippen LogP contribution in [0.15, 0.2) is 0 Å². The number of hydrogen-bond donors (Lipinski definition) is 3. The molecule has 0 spiro atoms. The fraction of sp³-hybridized carbons (Fsp3) is 0.583. The summed E-state index contributed by atoms with van der Waals surface area (Å²) in [4.78, 5) is 57.1. The molecule has 1 unspecified atom stereocenters. The van der Waals surface area contributed by atoms with Crippen molar-refractivity contribution in [3.05, 3.63) is 0 Å². The molecule has 0 aromatic carbocycles. The number of likely N-dealkylation sites (N-methyl/N-ethyl adjacent to an activating group) is 1. The second kappa shape index (κ2) is 7.36. The monoisotopic (exact) mass is 299 g/mol. The fourth-order valence-electron chi connectivity index (χ4n) is 1.83. The first-order chi connectivity index (χ1) is 9.81. The Morgan fingerprint density at radius 1 is 1.29 bits per heavy atom. The van der Waals surface area contributed by atoms with Gasteiger partial charge in [-0.05, 0) is 12.8 Å². The molecular weight excluding hydrogens is 282 g/mol. The lowest BCUT2D eigenvalue weighted by molar-refractivity contribution is -0.148. The van der Waals surface area contributed by atoms with E-state index in [1.165, 1.54) is 7.05 Å². The van der Waals surface area contributed by atoms with Crippen LogP contribution < -0.4 is 10.6 Å². The number of carbonyl (C=O) groups excluding carboxylic acids is 4. The van der Waals surface area contributed by atoms with Crippen LogP contribution in [0.5, 0.6) is 0 Å². The van der Waals surface area contributed by atoms with E-state index in [0.29, 0.717) is 0 Å². The number of carboxylic acids is 1. The molecule has 9 nitrogen and oxygen atoms in total. The quantitative estimate of drug-likeness (QED) is 0.570. The van der Waals surface area contributed by atoms with Crippen molar-refractivity contribution in [2.75, 3.05) is 7.05 Å². The van der Waals surface area contributed by atoms with Gasteiger partial charge in [-0.1, -0.05) is 0 Å². The van der Waals surface area contributed by atoms with Crippen LogP contribution in [0.3, 0.4) is 0 Å². The topological polar surface area (TPSA) is 133 Å². The number of imide groups is 2. The average molecular weight is 299 g/mol. The highest BCUT2D eigenvalue weighted by atomic mass is 16.4. The molecular formula is C12H17N3O6. The highest BCUT2D eigenvalue weighted by Crippen LogP contribution is 2.11. The highest BCUT2D eigenvalue weighted by Gasteiger charge is 2.32. The Labute approximate surface area is 120 Å². The van der Waals surface area contributed by atoms with Crippen LogP contribution in [0.4, 0.5) is 4.79 Å². The van der Waals surface area contributed by atoms with E-state index in [4.69, 9.17) is 5.11 Å². The van der Waals surface area contributed by atoms with Crippen LogP contribution in [0.2, 0.25) is 0 Å². The van der Waals surface area contributed by atoms with Gasteiger partial charge in [-0.3, -0.25) is 29.4 Å². The number of amides is 5. The predicted molar refractivity (Wildman–Crippen MR) is 69.0 cm³/mol. The smallest absolute Gasteiger partial charge is 0.322 e. The number of carbonyl (C=O) groups is 5. The number of carboxylic acid groups (broad SMARTS) is 1. The third-order valence-electron chi connectivity index (χ3n) is 3.00. The van der Waals surface area contributed by atoms with Crippen LogP contribution in [0, 0.1) is 0 Å². The van der Waals surface area contributed by atoms with Crippen molar-refractivity contribution >= 4 is 29.7 Å². The first kappa shape index (κ1) is 16.6. The summed E-state index contributed by atoms with van der Waals surface area (Å²) < 4.78 is 0. The molecule has 9 heteroatoms. The maximum Gasteiger partial charge on any atom is 0.322 e. The predicted octanol–water partition coefficient (Wildman–Crippen LogP) is -0.785. The molecule has 3 N–H and O–H groups in total. The van der Waals surface area contributed by atoms with Crippen molar-refractivity contribution in [2.45, 2.75) is 38.1 Å². The molecule has 0 aromatic heterocycles. The average Bonchev–Trinajstić information content (AvgIpc) is 2.39. The first-order valence-electron chi connectivity index (χ1n) is 6.43. The van der Waals surface area contributed by atoms with Crippen LogP contribution >= 0.6 is 0 Å². The molecule has 0 aliphatic carbocycles.